The van der Waals surface area contributed by atoms with E-state index in [2.05, 4.69) is 13.2 Å². The second-order valence-electron chi connectivity index (χ2n) is 4.27. The van der Waals surface area contributed by atoms with Crippen LogP contribution in [0.2, 0.25) is 0 Å². The van der Waals surface area contributed by atoms with E-state index in [-0.39, 0.29) is 5.78 Å². The molecule has 94 valence electrons. The van der Waals surface area contributed by atoms with Crippen LogP contribution in [0.4, 0.5) is 0 Å². The molecule has 0 amide bonds. The highest BCUT2D eigenvalue weighted by Gasteiger charge is 2.46. The van der Waals surface area contributed by atoms with Crippen LogP contribution in [0.5, 0.6) is 11.5 Å². The van der Waals surface area contributed by atoms with E-state index in [0.717, 1.165) is 0 Å². The molecular formula is C15H16O3. The lowest BCUT2D eigenvalue weighted by atomic mass is 9.89. The first-order valence-electron chi connectivity index (χ1n) is 5.80. The van der Waals surface area contributed by atoms with Crippen LogP contribution in [-0.2, 0) is 0 Å². The SMILES string of the molecule is C=CCC1(CC=C)Oc2ccc(OC)cc2C1=O. The normalized spacial score (nSPS) is 15.7. The van der Waals surface area contributed by atoms with Crippen molar-refractivity contribution >= 4 is 5.78 Å². The third-order valence-corrected chi connectivity index (χ3v) is 3.10. The Balaban J connectivity index is 2.44. The van der Waals surface area contributed by atoms with Crippen molar-refractivity contribution < 1.29 is 14.3 Å². The molecule has 1 aromatic rings. The highest BCUT2D eigenvalue weighted by molar-refractivity contribution is 6.08. The van der Waals surface area contributed by atoms with E-state index in [0.29, 0.717) is 29.9 Å². The first kappa shape index (κ1) is 12.4. The van der Waals surface area contributed by atoms with Gasteiger partial charge in [0, 0.05) is 12.8 Å². The van der Waals surface area contributed by atoms with Gasteiger partial charge in [0.25, 0.3) is 0 Å². The standard InChI is InChI=1S/C15H16O3/c1-4-8-15(9-5-2)14(16)12-10-11(17-3)6-7-13(12)18-15/h4-7,10H,1-2,8-9H2,3H3. The maximum atomic E-state index is 12.5. The Morgan fingerprint density at radius 1 is 1.33 bits per heavy atom. The molecule has 0 atom stereocenters. The molecule has 2 rings (SSSR count). The van der Waals surface area contributed by atoms with Gasteiger partial charge < -0.3 is 9.47 Å². The molecule has 1 aromatic carbocycles. The zero-order valence-corrected chi connectivity index (χ0v) is 10.4. The zero-order chi connectivity index (χ0) is 13.2. The first-order chi connectivity index (χ1) is 8.66. The van der Waals surface area contributed by atoms with E-state index in [4.69, 9.17) is 9.47 Å². The lowest BCUT2D eigenvalue weighted by molar-refractivity contribution is 0.0581. The van der Waals surface area contributed by atoms with E-state index in [1.54, 1.807) is 37.5 Å². The lowest BCUT2D eigenvalue weighted by Gasteiger charge is -2.24. The van der Waals surface area contributed by atoms with Gasteiger partial charge in [-0.2, -0.15) is 0 Å². The molecule has 1 aliphatic heterocycles. The Kier molecular flexibility index (Phi) is 3.24. The summed E-state index contributed by atoms with van der Waals surface area (Å²) in [5, 5.41) is 0. The quantitative estimate of drug-likeness (QED) is 0.746. The fourth-order valence-corrected chi connectivity index (χ4v) is 2.22. The number of methoxy groups -OCH3 is 1. The van der Waals surface area contributed by atoms with Gasteiger partial charge in [0.2, 0.25) is 5.78 Å². The molecule has 0 saturated heterocycles. The second-order valence-corrected chi connectivity index (χ2v) is 4.27. The van der Waals surface area contributed by atoms with Gasteiger partial charge in [0.15, 0.2) is 5.60 Å². The second kappa shape index (κ2) is 4.69. The summed E-state index contributed by atoms with van der Waals surface area (Å²) in [6.45, 7) is 7.38. The monoisotopic (exact) mass is 244 g/mol. The van der Waals surface area contributed by atoms with Crippen LogP contribution < -0.4 is 9.47 Å². The minimum absolute atomic E-state index is 0.0313. The highest BCUT2D eigenvalue weighted by Crippen LogP contribution is 2.40. The molecule has 0 radical (unpaired) electrons. The Labute approximate surface area is 107 Å². The van der Waals surface area contributed by atoms with Crippen LogP contribution in [0.15, 0.2) is 43.5 Å². The molecule has 0 fully saturated rings. The summed E-state index contributed by atoms with van der Waals surface area (Å²) in [5.74, 6) is 1.22. The van der Waals surface area contributed by atoms with E-state index in [1.807, 2.05) is 0 Å². The Bertz CT molecular complexity index is 492. The number of rotatable bonds is 5. The minimum atomic E-state index is -0.877. The molecule has 1 aliphatic rings. The molecule has 0 aromatic heterocycles. The molecule has 1 heterocycles. The number of Topliss-reactive ketones (excluding diaryl/α,β-unsaturated/α-hetero) is 1. The Morgan fingerprint density at radius 3 is 2.56 bits per heavy atom. The highest BCUT2D eigenvalue weighted by atomic mass is 16.5. The van der Waals surface area contributed by atoms with Crippen LogP contribution in [0, 0.1) is 0 Å². The van der Waals surface area contributed by atoms with Crippen molar-refractivity contribution in [3.05, 3.63) is 49.1 Å². The van der Waals surface area contributed by atoms with Crippen molar-refractivity contribution in [2.45, 2.75) is 18.4 Å². The maximum absolute atomic E-state index is 12.5. The third-order valence-electron chi connectivity index (χ3n) is 3.10. The predicted molar refractivity (Wildman–Crippen MR) is 70.3 cm³/mol. The topological polar surface area (TPSA) is 35.5 Å². The summed E-state index contributed by atoms with van der Waals surface area (Å²) < 4.78 is 11.0. The molecule has 0 saturated carbocycles. The van der Waals surface area contributed by atoms with Crippen LogP contribution in [0.3, 0.4) is 0 Å². The number of carbonyl (C=O) groups is 1. The third kappa shape index (κ3) is 1.82. The molecule has 18 heavy (non-hydrogen) atoms. The lowest BCUT2D eigenvalue weighted by Crippen LogP contribution is -2.39. The molecule has 0 N–H and O–H groups in total. The average Bonchev–Trinajstić information content (AvgIpc) is 2.64. The van der Waals surface area contributed by atoms with E-state index in [1.165, 1.54) is 0 Å². The molecule has 0 spiro atoms. The number of ketones is 1. The Hall–Kier alpha value is -2.03. The van der Waals surface area contributed by atoms with Crippen LogP contribution in [0.25, 0.3) is 0 Å². The van der Waals surface area contributed by atoms with E-state index >= 15 is 0 Å². The van der Waals surface area contributed by atoms with Crippen LogP contribution in [0.1, 0.15) is 23.2 Å². The Morgan fingerprint density at radius 2 is 2.00 bits per heavy atom. The summed E-state index contributed by atoms with van der Waals surface area (Å²) in [6, 6.07) is 5.26. The average molecular weight is 244 g/mol. The number of hydrogen-bond acceptors (Lipinski definition) is 3. The molecule has 0 bridgehead atoms. The van der Waals surface area contributed by atoms with Gasteiger partial charge in [-0.25, -0.2) is 0 Å². The number of fused-ring (bicyclic) bond motifs is 1. The molecule has 0 unspecified atom stereocenters. The van der Waals surface area contributed by atoms with Crippen molar-refractivity contribution in [1.29, 1.82) is 0 Å². The van der Waals surface area contributed by atoms with E-state index in [9.17, 15) is 4.79 Å². The van der Waals surface area contributed by atoms with Gasteiger partial charge in [-0.1, -0.05) is 12.2 Å². The maximum Gasteiger partial charge on any atom is 0.210 e. The van der Waals surface area contributed by atoms with Gasteiger partial charge in [-0.15, -0.1) is 13.2 Å². The van der Waals surface area contributed by atoms with Crippen LogP contribution in [-0.4, -0.2) is 18.5 Å². The van der Waals surface area contributed by atoms with Crippen molar-refractivity contribution in [2.24, 2.45) is 0 Å². The molecule has 3 heteroatoms. The van der Waals surface area contributed by atoms with Gasteiger partial charge in [-0.05, 0) is 18.2 Å². The zero-order valence-electron chi connectivity index (χ0n) is 10.4. The summed E-state index contributed by atoms with van der Waals surface area (Å²) in [6.07, 6.45) is 4.33. The van der Waals surface area contributed by atoms with Crippen LogP contribution >= 0.6 is 0 Å². The fourth-order valence-electron chi connectivity index (χ4n) is 2.22. The van der Waals surface area contributed by atoms with Crippen molar-refractivity contribution in [2.75, 3.05) is 7.11 Å². The first-order valence-corrected chi connectivity index (χ1v) is 5.80. The number of carbonyl (C=O) groups excluding carboxylic acids is 1. The van der Waals surface area contributed by atoms with Crippen molar-refractivity contribution in [3.8, 4) is 11.5 Å². The largest absolute Gasteiger partial charge is 0.497 e. The molecular weight excluding hydrogens is 228 g/mol. The number of hydrogen-bond donors (Lipinski definition) is 0. The number of benzene rings is 1. The minimum Gasteiger partial charge on any atom is -0.497 e. The smallest absolute Gasteiger partial charge is 0.210 e. The summed E-state index contributed by atoms with van der Waals surface area (Å²) >= 11 is 0. The fraction of sp³-hybridized carbons (Fsp3) is 0.267. The molecule has 0 aliphatic carbocycles. The predicted octanol–water partition coefficient (Wildman–Crippen LogP) is 3.16. The van der Waals surface area contributed by atoms with Crippen molar-refractivity contribution in [1.82, 2.24) is 0 Å². The van der Waals surface area contributed by atoms with Gasteiger partial charge in [0.1, 0.15) is 11.5 Å². The van der Waals surface area contributed by atoms with Gasteiger partial charge in [0.05, 0.1) is 12.7 Å². The van der Waals surface area contributed by atoms with E-state index < -0.39 is 5.60 Å². The summed E-state index contributed by atoms with van der Waals surface area (Å²) in [7, 11) is 1.57. The van der Waals surface area contributed by atoms with Gasteiger partial charge >= 0.3 is 0 Å². The number of ether oxygens (including phenoxy) is 2. The summed E-state index contributed by atoms with van der Waals surface area (Å²) in [4.78, 5) is 12.5. The molecule has 3 nitrogen and oxygen atoms in total. The van der Waals surface area contributed by atoms with Crippen molar-refractivity contribution in [3.63, 3.8) is 0 Å². The summed E-state index contributed by atoms with van der Waals surface area (Å²) in [5.41, 5.74) is -0.309. The van der Waals surface area contributed by atoms with Gasteiger partial charge in [-0.3, -0.25) is 4.79 Å².